The minimum atomic E-state index is -0.348. The third-order valence-electron chi connectivity index (χ3n) is 6.47. The van der Waals surface area contributed by atoms with E-state index in [-0.39, 0.29) is 23.8 Å². The molecule has 0 aliphatic carbocycles. The summed E-state index contributed by atoms with van der Waals surface area (Å²) < 4.78 is 0. The zero-order valence-corrected chi connectivity index (χ0v) is 21.9. The van der Waals surface area contributed by atoms with Crippen LogP contribution in [0.5, 0.6) is 0 Å². The van der Waals surface area contributed by atoms with Crippen molar-refractivity contribution in [2.24, 2.45) is 0 Å². The first-order valence-corrected chi connectivity index (χ1v) is 12.9. The second-order valence-electron chi connectivity index (χ2n) is 9.65. The van der Waals surface area contributed by atoms with E-state index in [0.717, 1.165) is 11.1 Å². The van der Waals surface area contributed by atoms with Gasteiger partial charge in [0.15, 0.2) is 0 Å². The Kier molecular flexibility index (Phi) is 7.38. The molecule has 2 aromatic carbocycles. The van der Waals surface area contributed by atoms with E-state index in [2.05, 4.69) is 44.9 Å². The summed E-state index contributed by atoms with van der Waals surface area (Å²) in [6.07, 6.45) is 5.11. The van der Waals surface area contributed by atoms with Crippen LogP contribution in [0.2, 0.25) is 5.02 Å². The molecule has 0 spiro atoms. The molecule has 1 fully saturated rings. The maximum Gasteiger partial charge on any atom is 0.257 e. The molecule has 192 valence electrons. The first-order valence-electron chi connectivity index (χ1n) is 12.5. The van der Waals surface area contributed by atoms with Gasteiger partial charge in [-0.2, -0.15) is 0 Å². The third-order valence-corrected chi connectivity index (χ3v) is 6.80. The molecule has 1 saturated heterocycles. The van der Waals surface area contributed by atoms with Crippen LogP contribution in [0.15, 0.2) is 85.3 Å². The maximum absolute atomic E-state index is 13.1. The summed E-state index contributed by atoms with van der Waals surface area (Å²) in [5.74, 6) is 0.540. The van der Waals surface area contributed by atoms with Gasteiger partial charge in [-0.1, -0.05) is 41.9 Å². The van der Waals surface area contributed by atoms with Gasteiger partial charge in [0, 0.05) is 49.2 Å². The predicted octanol–water partition coefficient (Wildman–Crippen LogP) is 6.11. The van der Waals surface area contributed by atoms with Crippen LogP contribution in [0.25, 0.3) is 11.1 Å². The van der Waals surface area contributed by atoms with Crippen molar-refractivity contribution in [2.75, 3.05) is 23.7 Å². The summed E-state index contributed by atoms with van der Waals surface area (Å²) in [7, 11) is 0. The molecule has 4 aromatic rings. The van der Waals surface area contributed by atoms with Crippen LogP contribution < -0.4 is 10.6 Å². The Morgan fingerprint density at radius 1 is 0.947 bits per heavy atom. The molecule has 5 rings (SSSR count). The van der Waals surface area contributed by atoms with Gasteiger partial charge < -0.3 is 15.5 Å². The highest BCUT2D eigenvalue weighted by Gasteiger charge is 2.32. The predicted molar refractivity (Wildman–Crippen MR) is 151 cm³/mol. The molecular weight excluding hydrogens is 498 g/mol. The van der Waals surface area contributed by atoms with Crippen molar-refractivity contribution in [2.45, 2.75) is 25.8 Å². The molecule has 2 N–H and O–H groups in total. The molecule has 3 heterocycles. The number of nitrogens with zero attached hydrogens (tertiary/aromatic N) is 3. The van der Waals surface area contributed by atoms with Gasteiger partial charge >= 0.3 is 0 Å². The summed E-state index contributed by atoms with van der Waals surface area (Å²) in [5, 5.41) is 6.35. The standard InChI is InChI=1S/C30H28ClN5O2/c1-19(2)34-28-12-10-24(16-33-28)29(37)35-27-14-22(9-11-26(27)31)30(38)36-17-25(18-36)21-7-5-20(6-8-21)23-4-3-13-32-15-23/h3-16,19,25H,17-18H2,1-2H3,(H,33,34)(H,35,37). The largest absolute Gasteiger partial charge is 0.368 e. The van der Waals surface area contributed by atoms with Crippen molar-refractivity contribution in [3.8, 4) is 11.1 Å². The Hall–Kier alpha value is -4.23. The van der Waals surface area contributed by atoms with Crippen molar-refractivity contribution >= 4 is 34.9 Å². The highest BCUT2D eigenvalue weighted by atomic mass is 35.5. The lowest BCUT2D eigenvalue weighted by molar-refractivity contribution is 0.0602. The fourth-order valence-electron chi connectivity index (χ4n) is 4.38. The molecule has 7 nitrogen and oxygen atoms in total. The molecule has 8 heteroatoms. The minimum Gasteiger partial charge on any atom is -0.368 e. The number of anilines is 2. The average Bonchev–Trinajstić information content (AvgIpc) is 2.90. The summed E-state index contributed by atoms with van der Waals surface area (Å²) in [4.78, 5) is 36.2. The number of amides is 2. The van der Waals surface area contributed by atoms with E-state index in [1.54, 1.807) is 41.4 Å². The number of pyridine rings is 2. The van der Waals surface area contributed by atoms with Gasteiger partial charge in [-0.15, -0.1) is 0 Å². The molecule has 2 aromatic heterocycles. The fourth-order valence-corrected chi connectivity index (χ4v) is 4.54. The normalized spacial score (nSPS) is 13.2. The fraction of sp³-hybridized carbons (Fsp3) is 0.200. The van der Waals surface area contributed by atoms with Crippen LogP contribution in [0, 0.1) is 0 Å². The summed E-state index contributed by atoms with van der Waals surface area (Å²) in [6.45, 7) is 5.30. The van der Waals surface area contributed by atoms with Gasteiger partial charge in [-0.05, 0) is 66.9 Å². The van der Waals surface area contributed by atoms with Gasteiger partial charge in [-0.25, -0.2) is 4.98 Å². The van der Waals surface area contributed by atoms with E-state index < -0.39 is 0 Å². The topological polar surface area (TPSA) is 87.2 Å². The number of hydrogen-bond donors (Lipinski definition) is 2. The number of rotatable bonds is 7. The molecule has 1 aliphatic rings. The Balaban J connectivity index is 1.20. The maximum atomic E-state index is 13.1. The van der Waals surface area contributed by atoms with Crippen LogP contribution in [0.3, 0.4) is 0 Å². The molecule has 0 unspecified atom stereocenters. The Bertz CT molecular complexity index is 1430. The second-order valence-corrected chi connectivity index (χ2v) is 10.1. The van der Waals surface area contributed by atoms with Crippen LogP contribution >= 0.6 is 11.6 Å². The zero-order valence-electron chi connectivity index (χ0n) is 21.2. The highest BCUT2D eigenvalue weighted by molar-refractivity contribution is 6.34. The molecule has 38 heavy (non-hydrogen) atoms. The number of hydrogen-bond acceptors (Lipinski definition) is 5. The van der Waals surface area contributed by atoms with Crippen LogP contribution in [0.4, 0.5) is 11.5 Å². The SMILES string of the molecule is CC(C)Nc1ccc(C(=O)Nc2cc(C(=O)N3CC(c4ccc(-c5cccnc5)cc4)C3)ccc2Cl)cn1. The minimum absolute atomic E-state index is 0.0915. The molecule has 1 aliphatic heterocycles. The van der Waals surface area contributed by atoms with E-state index in [1.165, 1.54) is 11.8 Å². The van der Waals surface area contributed by atoms with Crippen molar-refractivity contribution in [3.05, 3.63) is 107 Å². The van der Waals surface area contributed by atoms with E-state index in [1.807, 2.05) is 32.2 Å². The van der Waals surface area contributed by atoms with Crippen LogP contribution in [-0.4, -0.2) is 45.8 Å². The van der Waals surface area contributed by atoms with Crippen molar-refractivity contribution in [1.82, 2.24) is 14.9 Å². The lowest BCUT2D eigenvalue weighted by atomic mass is 9.89. The number of nitrogens with one attached hydrogen (secondary N) is 2. The molecule has 0 atom stereocenters. The summed E-state index contributed by atoms with van der Waals surface area (Å²) >= 11 is 6.33. The van der Waals surface area contributed by atoms with Crippen LogP contribution in [-0.2, 0) is 0 Å². The Morgan fingerprint density at radius 3 is 2.37 bits per heavy atom. The quantitative estimate of drug-likeness (QED) is 0.304. The number of carbonyl (C=O) groups is 2. The van der Waals surface area contributed by atoms with Gasteiger partial charge in [0.1, 0.15) is 5.82 Å². The second kappa shape index (κ2) is 11.0. The molecular formula is C30H28ClN5O2. The lowest BCUT2D eigenvalue weighted by Gasteiger charge is -2.39. The van der Waals surface area contributed by atoms with Gasteiger partial charge in [0.2, 0.25) is 0 Å². The first-order chi connectivity index (χ1) is 18.4. The van der Waals surface area contributed by atoms with Crippen molar-refractivity contribution < 1.29 is 9.59 Å². The zero-order chi connectivity index (χ0) is 26.6. The number of aromatic nitrogens is 2. The first kappa shape index (κ1) is 25.4. The lowest BCUT2D eigenvalue weighted by Crippen LogP contribution is -2.48. The van der Waals surface area contributed by atoms with E-state index >= 15 is 0 Å². The van der Waals surface area contributed by atoms with E-state index in [4.69, 9.17) is 11.6 Å². The van der Waals surface area contributed by atoms with Crippen LogP contribution in [0.1, 0.15) is 46.0 Å². The number of benzene rings is 2. The Labute approximate surface area is 226 Å². The van der Waals surface area contributed by atoms with Crippen molar-refractivity contribution in [3.63, 3.8) is 0 Å². The van der Waals surface area contributed by atoms with Gasteiger partial charge in [0.05, 0.1) is 16.3 Å². The number of halogens is 1. The highest BCUT2D eigenvalue weighted by Crippen LogP contribution is 2.31. The number of likely N-dealkylation sites (tertiary alicyclic amines) is 1. The smallest absolute Gasteiger partial charge is 0.257 e. The summed E-state index contributed by atoms with van der Waals surface area (Å²) in [5.41, 5.74) is 4.65. The molecule has 2 amide bonds. The average molecular weight is 526 g/mol. The van der Waals surface area contributed by atoms with E-state index in [9.17, 15) is 9.59 Å². The molecule has 0 radical (unpaired) electrons. The van der Waals surface area contributed by atoms with Gasteiger partial charge in [-0.3, -0.25) is 14.6 Å². The Morgan fingerprint density at radius 2 is 1.71 bits per heavy atom. The van der Waals surface area contributed by atoms with E-state index in [0.29, 0.717) is 40.7 Å². The summed E-state index contributed by atoms with van der Waals surface area (Å²) in [6, 6.07) is 21.0. The van der Waals surface area contributed by atoms with Gasteiger partial charge in [0.25, 0.3) is 11.8 Å². The number of carbonyl (C=O) groups excluding carboxylic acids is 2. The monoisotopic (exact) mass is 525 g/mol. The van der Waals surface area contributed by atoms with Crippen molar-refractivity contribution in [1.29, 1.82) is 0 Å². The third kappa shape index (κ3) is 5.68. The molecule has 0 saturated carbocycles. The molecule has 0 bridgehead atoms.